The number of amides is 3. The normalized spacial score (nSPS) is 38.5. The highest BCUT2D eigenvalue weighted by molar-refractivity contribution is 5.96. The SMILES string of the molecule is CC(C(=O)NC(N)=O)N(C)CC12CC3CC(CC(C3)C1)C2. The third-order valence-corrected chi connectivity index (χ3v) is 6.04. The third kappa shape index (κ3) is 2.93. The van der Waals surface area contributed by atoms with Crippen molar-refractivity contribution in [2.24, 2.45) is 28.9 Å². The topological polar surface area (TPSA) is 75.4 Å². The largest absolute Gasteiger partial charge is 0.351 e. The van der Waals surface area contributed by atoms with Crippen molar-refractivity contribution in [3.8, 4) is 0 Å². The molecule has 3 N–H and O–H groups in total. The predicted molar refractivity (Wildman–Crippen MR) is 80.4 cm³/mol. The Bertz CT molecular complexity index is 414. The Morgan fingerprint density at radius 3 is 2.10 bits per heavy atom. The molecule has 3 amide bonds. The number of carbonyl (C=O) groups is 2. The molecule has 0 radical (unpaired) electrons. The summed E-state index contributed by atoms with van der Waals surface area (Å²) in [7, 11) is 1.99. The first-order chi connectivity index (χ1) is 9.87. The van der Waals surface area contributed by atoms with E-state index in [2.05, 4.69) is 10.2 Å². The lowest BCUT2D eigenvalue weighted by molar-refractivity contribution is -0.126. The Labute approximate surface area is 126 Å². The number of nitrogens with two attached hydrogens (primary N) is 1. The second kappa shape index (κ2) is 5.27. The standard InChI is InChI=1S/C16H27N3O2/c1-10(14(20)18-15(17)21)19(2)9-16-6-11-3-12(7-16)5-13(4-11)8-16/h10-13H,3-9H2,1-2H3,(H3,17,18,20,21). The molecule has 0 heterocycles. The molecular formula is C16H27N3O2. The number of likely N-dealkylation sites (N-methyl/N-ethyl adjacent to an activating group) is 1. The van der Waals surface area contributed by atoms with E-state index in [-0.39, 0.29) is 11.9 Å². The summed E-state index contributed by atoms with van der Waals surface area (Å²) < 4.78 is 0. The molecule has 21 heavy (non-hydrogen) atoms. The molecule has 5 heteroatoms. The van der Waals surface area contributed by atoms with E-state index >= 15 is 0 Å². The zero-order valence-corrected chi connectivity index (χ0v) is 13.1. The summed E-state index contributed by atoms with van der Waals surface area (Å²) in [6, 6.07) is -1.08. The molecule has 4 fully saturated rings. The van der Waals surface area contributed by atoms with Crippen LogP contribution in [0.5, 0.6) is 0 Å². The van der Waals surface area contributed by atoms with E-state index in [0.717, 1.165) is 24.3 Å². The van der Waals surface area contributed by atoms with Crippen molar-refractivity contribution in [2.75, 3.05) is 13.6 Å². The van der Waals surface area contributed by atoms with Crippen molar-refractivity contribution in [3.63, 3.8) is 0 Å². The fraction of sp³-hybridized carbons (Fsp3) is 0.875. The molecule has 0 aromatic heterocycles. The van der Waals surface area contributed by atoms with E-state index in [1.54, 1.807) is 0 Å². The number of hydrogen-bond acceptors (Lipinski definition) is 3. The highest BCUT2D eigenvalue weighted by Crippen LogP contribution is 2.60. The lowest BCUT2D eigenvalue weighted by Gasteiger charge is -2.58. The molecule has 0 aliphatic heterocycles. The molecule has 1 unspecified atom stereocenters. The maximum absolute atomic E-state index is 11.9. The van der Waals surface area contributed by atoms with Crippen LogP contribution in [0.3, 0.4) is 0 Å². The van der Waals surface area contributed by atoms with Gasteiger partial charge in [0, 0.05) is 6.54 Å². The molecule has 0 aromatic rings. The zero-order valence-electron chi connectivity index (χ0n) is 13.1. The summed E-state index contributed by atoms with van der Waals surface area (Å²) in [5, 5.41) is 2.19. The van der Waals surface area contributed by atoms with Crippen LogP contribution in [0.15, 0.2) is 0 Å². The minimum absolute atomic E-state index is 0.297. The maximum atomic E-state index is 11.9. The smallest absolute Gasteiger partial charge is 0.318 e. The van der Waals surface area contributed by atoms with Gasteiger partial charge in [0.05, 0.1) is 6.04 Å². The fourth-order valence-electron chi connectivity index (χ4n) is 5.58. The average molecular weight is 293 g/mol. The quantitative estimate of drug-likeness (QED) is 0.828. The second-order valence-corrected chi connectivity index (χ2v) is 7.86. The van der Waals surface area contributed by atoms with E-state index in [1.165, 1.54) is 38.5 Å². The molecule has 4 saturated carbocycles. The van der Waals surface area contributed by atoms with Gasteiger partial charge in [-0.05, 0) is 75.7 Å². The van der Waals surface area contributed by atoms with Crippen LogP contribution in [0, 0.1) is 23.2 Å². The summed E-state index contributed by atoms with van der Waals surface area (Å²) in [6.45, 7) is 2.81. The molecule has 4 aliphatic carbocycles. The molecule has 0 aromatic carbocycles. The fourth-order valence-corrected chi connectivity index (χ4v) is 5.58. The van der Waals surface area contributed by atoms with Gasteiger partial charge in [0.25, 0.3) is 0 Å². The molecule has 118 valence electrons. The monoisotopic (exact) mass is 293 g/mol. The van der Waals surface area contributed by atoms with Gasteiger partial charge in [0.15, 0.2) is 0 Å². The Morgan fingerprint density at radius 1 is 1.19 bits per heavy atom. The molecule has 4 bridgehead atoms. The minimum Gasteiger partial charge on any atom is -0.351 e. The van der Waals surface area contributed by atoms with Crippen molar-refractivity contribution < 1.29 is 9.59 Å². The van der Waals surface area contributed by atoms with Crippen molar-refractivity contribution in [3.05, 3.63) is 0 Å². The van der Waals surface area contributed by atoms with Gasteiger partial charge in [0.1, 0.15) is 0 Å². The summed E-state index contributed by atoms with van der Waals surface area (Å²) >= 11 is 0. The van der Waals surface area contributed by atoms with Crippen LogP contribution in [0.2, 0.25) is 0 Å². The Morgan fingerprint density at radius 2 is 1.67 bits per heavy atom. The molecule has 4 rings (SSSR count). The highest BCUT2D eigenvalue weighted by Gasteiger charge is 2.51. The molecular weight excluding hydrogens is 266 g/mol. The van der Waals surface area contributed by atoms with Gasteiger partial charge in [-0.15, -0.1) is 0 Å². The van der Waals surface area contributed by atoms with Crippen molar-refractivity contribution >= 4 is 11.9 Å². The third-order valence-electron chi connectivity index (χ3n) is 6.04. The van der Waals surface area contributed by atoms with Crippen LogP contribution < -0.4 is 11.1 Å². The van der Waals surface area contributed by atoms with Gasteiger partial charge < -0.3 is 5.73 Å². The van der Waals surface area contributed by atoms with Crippen LogP contribution in [0.25, 0.3) is 0 Å². The molecule has 4 aliphatic rings. The summed E-state index contributed by atoms with van der Waals surface area (Å²) in [4.78, 5) is 24.8. The first-order valence-electron chi connectivity index (χ1n) is 8.17. The first-order valence-corrected chi connectivity index (χ1v) is 8.17. The first kappa shape index (κ1) is 14.8. The average Bonchev–Trinajstić information content (AvgIpc) is 2.34. The van der Waals surface area contributed by atoms with Gasteiger partial charge in [-0.25, -0.2) is 4.79 Å². The number of carbonyl (C=O) groups excluding carboxylic acids is 2. The molecule has 1 atom stereocenters. The van der Waals surface area contributed by atoms with Crippen LogP contribution in [0.4, 0.5) is 4.79 Å². The molecule has 0 spiro atoms. The highest BCUT2D eigenvalue weighted by atomic mass is 16.2. The predicted octanol–water partition coefficient (Wildman–Crippen LogP) is 1.72. The number of nitrogens with one attached hydrogen (secondary N) is 1. The summed E-state index contributed by atoms with van der Waals surface area (Å²) in [6.07, 6.45) is 8.27. The van der Waals surface area contributed by atoms with Crippen molar-refractivity contribution in [2.45, 2.75) is 51.5 Å². The van der Waals surface area contributed by atoms with E-state index in [0.29, 0.717) is 5.41 Å². The lowest BCUT2D eigenvalue weighted by Crippen LogP contribution is -2.54. The van der Waals surface area contributed by atoms with Gasteiger partial charge in [-0.1, -0.05) is 0 Å². The summed E-state index contributed by atoms with van der Waals surface area (Å²) in [5.74, 6) is 2.45. The number of urea groups is 1. The van der Waals surface area contributed by atoms with Crippen molar-refractivity contribution in [1.82, 2.24) is 10.2 Å². The lowest BCUT2D eigenvalue weighted by atomic mass is 9.49. The van der Waals surface area contributed by atoms with E-state index in [1.807, 2.05) is 14.0 Å². The van der Waals surface area contributed by atoms with E-state index in [4.69, 9.17) is 5.73 Å². The molecule has 5 nitrogen and oxygen atoms in total. The van der Waals surface area contributed by atoms with Gasteiger partial charge in [-0.3, -0.25) is 15.0 Å². The van der Waals surface area contributed by atoms with Gasteiger partial charge in [-0.2, -0.15) is 0 Å². The Hall–Kier alpha value is -1.10. The van der Waals surface area contributed by atoms with Gasteiger partial charge in [0.2, 0.25) is 5.91 Å². The number of rotatable bonds is 4. The van der Waals surface area contributed by atoms with Crippen LogP contribution in [0.1, 0.15) is 45.4 Å². The summed E-state index contributed by atoms with van der Waals surface area (Å²) in [5.41, 5.74) is 5.44. The van der Waals surface area contributed by atoms with Crippen LogP contribution in [-0.2, 0) is 4.79 Å². The van der Waals surface area contributed by atoms with E-state index in [9.17, 15) is 9.59 Å². The van der Waals surface area contributed by atoms with Crippen LogP contribution >= 0.6 is 0 Å². The number of hydrogen-bond donors (Lipinski definition) is 2. The number of imide groups is 1. The van der Waals surface area contributed by atoms with Gasteiger partial charge >= 0.3 is 6.03 Å². The van der Waals surface area contributed by atoms with Crippen molar-refractivity contribution in [1.29, 1.82) is 0 Å². The minimum atomic E-state index is -0.768. The Kier molecular flexibility index (Phi) is 3.72. The number of primary amides is 1. The van der Waals surface area contributed by atoms with E-state index < -0.39 is 6.03 Å². The Balaban J connectivity index is 1.63. The maximum Gasteiger partial charge on any atom is 0.318 e. The zero-order chi connectivity index (χ0) is 15.2. The number of nitrogens with zero attached hydrogens (tertiary/aromatic N) is 1. The second-order valence-electron chi connectivity index (χ2n) is 7.86. The molecule has 0 saturated heterocycles. The van der Waals surface area contributed by atoms with Crippen LogP contribution in [-0.4, -0.2) is 36.5 Å².